The molecule has 0 unspecified atom stereocenters. The third-order valence-corrected chi connectivity index (χ3v) is 5.01. The van der Waals surface area contributed by atoms with Gasteiger partial charge < -0.3 is 5.32 Å². The van der Waals surface area contributed by atoms with Crippen molar-refractivity contribution in [2.45, 2.75) is 42.6 Å². The smallest absolute Gasteiger partial charge is 0.0221 e. The zero-order valence-corrected chi connectivity index (χ0v) is 16.4. The zero-order valence-electron chi connectivity index (χ0n) is 12.4. The van der Waals surface area contributed by atoms with Gasteiger partial charge in [-0.25, -0.2) is 0 Å². The van der Waals surface area contributed by atoms with E-state index in [1.54, 1.807) is 11.8 Å². The van der Waals surface area contributed by atoms with Crippen LogP contribution in [-0.4, -0.2) is 5.54 Å². The first-order valence-corrected chi connectivity index (χ1v) is 9.21. The molecule has 21 heavy (non-hydrogen) atoms. The van der Waals surface area contributed by atoms with Gasteiger partial charge in [0.2, 0.25) is 0 Å². The van der Waals surface area contributed by atoms with E-state index < -0.39 is 0 Å². The lowest BCUT2D eigenvalue weighted by Crippen LogP contribution is -2.35. The first kappa shape index (κ1) is 17.1. The summed E-state index contributed by atoms with van der Waals surface area (Å²) in [4.78, 5) is 2.52. The largest absolute Gasteiger partial charge is 0.308 e. The van der Waals surface area contributed by atoms with Crippen molar-refractivity contribution >= 4 is 43.6 Å². The van der Waals surface area contributed by atoms with Crippen molar-refractivity contribution in [1.82, 2.24) is 5.32 Å². The van der Waals surface area contributed by atoms with Crippen molar-refractivity contribution in [3.8, 4) is 0 Å². The Bertz CT molecular complexity index is 603. The Hall–Kier alpha value is -0.290. The molecule has 0 saturated carbocycles. The Labute approximate surface area is 148 Å². The number of nitrogens with one attached hydrogen (secondary N) is 1. The molecule has 4 heteroatoms. The van der Waals surface area contributed by atoms with Gasteiger partial charge in [-0.1, -0.05) is 49.7 Å². The second kappa shape index (κ2) is 7.32. The van der Waals surface area contributed by atoms with Crippen LogP contribution in [0.3, 0.4) is 0 Å². The standard InChI is InChI=1S/C17H19Br2NS/c1-17(2,3)20-11-12-4-5-14(19)10-16(12)21-15-8-6-13(18)7-9-15/h4-10,20H,11H2,1-3H3. The molecule has 2 aromatic rings. The molecule has 0 bridgehead atoms. The van der Waals surface area contributed by atoms with Crippen LogP contribution in [0.5, 0.6) is 0 Å². The second-order valence-corrected chi connectivity index (χ2v) is 8.86. The summed E-state index contributed by atoms with van der Waals surface area (Å²) in [6.07, 6.45) is 0. The molecule has 0 fully saturated rings. The van der Waals surface area contributed by atoms with Gasteiger partial charge >= 0.3 is 0 Å². The molecule has 0 aliphatic carbocycles. The fourth-order valence-electron chi connectivity index (χ4n) is 1.76. The van der Waals surface area contributed by atoms with Gasteiger partial charge in [-0.15, -0.1) is 0 Å². The number of hydrogen-bond acceptors (Lipinski definition) is 2. The lowest BCUT2D eigenvalue weighted by Gasteiger charge is -2.21. The van der Waals surface area contributed by atoms with Crippen LogP contribution < -0.4 is 5.32 Å². The van der Waals surface area contributed by atoms with E-state index in [1.807, 2.05) is 0 Å². The van der Waals surface area contributed by atoms with Crippen molar-refractivity contribution in [3.05, 3.63) is 57.0 Å². The Balaban J connectivity index is 2.20. The van der Waals surface area contributed by atoms with Crippen LogP contribution >= 0.6 is 43.6 Å². The lowest BCUT2D eigenvalue weighted by atomic mass is 10.1. The summed E-state index contributed by atoms with van der Waals surface area (Å²) in [5.41, 5.74) is 1.44. The maximum atomic E-state index is 3.57. The molecule has 0 amide bonds. The fraction of sp³-hybridized carbons (Fsp3) is 0.294. The maximum absolute atomic E-state index is 3.57. The Morgan fingerprint density at radius 2 is 1.57 bits per heavy atom. The zero-order chi connectivity index (χ0) is 15.5. The highest BCUT2D eigenvalue weighted by atomic mass is 79.9. The third-order valence-electron chi connectivity index (χ3n) is 2.88. The molecule has 0 aliphatic rings. The summed E-state index contributed by atoms with van der Waals surface area (Å²) in [7, 11) is 0. The second-order valence-electron chi connectivity index (χ2n) is 5.91. The summed E-state index contributed by atoms with van der Waals surface area (Å²) >= 11 is 8.84. The van der Waals surface area contributed by atoms with Gasteiger partial charge in [-0.3, -0.25) is 0 Å². The lowest BCUT2D eigenvalue weighted by molar-refractivity contribution is 0.422. The summed E-state index contributed by atoms with van der Waals surface area (Å²) in [6.45, 7) is 7.43. The number of hydrogen-bond donors (Lipinski definition) is 1. The average Bonchev–Trinajstić information content (AvgIpc) is 2.39. The van der Waals surface area contributed by atoms with Crippen LogP contribution in [0, 0.1) is 0 Å². The normalized spacial score (nSPS) is 11.7. The van der Waals surface area contributed by atoms with Crippen LogP contribution in [0.2, 0.25) is 0 Å². The van der Waals surface area contributed by atoms with Crippen LogP contribution in [0.15, 0.2) is 61.2 Å². The monoisotopic (exact) mass is 427 g/mol. The molecule has 1 nitrogen and oxygen atoms in total. The van der Waals surface area contributed by atoms with Gasteiger partial charge in [0.25, 0.3) is 0 Å². The van der Waals surface area contributed by atoms with Crippen LogP contribution in [0.4, 0.5) is 0 Å². The highest BCUT2D eigenvalue weighted by Gasteiger charge is 2.11. The molecule has 0 heterocycles. The molecule has 1 N–H and O–H groups in total. The average molecular weight is 429 g/mol. The van der Waals surface area contributed by atoms with Crippen LogP contribution in [0.1, 0.15) is 26.3 Å². The molecule has 0 atom stereocenters. The quantitative estimate of drug-likeness (QED) is 0.617. The molecule has 2 aromatic carbocycles. The number of rotatable bonds is 4. The van der Waals surface area contributed by atoms with E-state index in [0.29, 0.717) is 0 Å². The van der Waals surface area contributed by atoms with Crippen LogP contribution in [-0.2, 0) is 6.54 Å². The van der Waals surface area contributed by atoms with E-state index >= 15 is 0 Å². The van der Waals surface area contributed by atoms with Gasteiger partial charge in [0.05, 0.1) is 0 Å². The first-order chi connectivity index (χ1) is 9.83. The predicted octanol–water partition coefficient (Wildman–Crippen LogP) is 6.25. The number of benzene rings is 2. The molecule has 112 valence electrons. The van der Waals surface area contributed by atoms with Crippen molar-refractivity contribution in [2.75, 3.05) is 0 Å². The van der Waals surface area contributed by atoms with Gasteiger partial charge in [-0.2, -0.15) is 0 Å². The van der Waals surface area contributed by atoms with E-state index in [4.69, 9.17) is 0 Å². The maximum Gasteiger partial charge on any atom is 0.0221 e. The number of halogens is 2. The van der Waals surface area contributed by atoms with Gasteiger partial charge in [0.15, 0.2) is 0 Å². The molecule has 0 aromatic heterocycles. The van der Waals surface area contributed by atoms with Gasteiger partial charge in [0, 0.05) is 30.8 Å². The molecular formula is C17H19Br2NS. The van der Waals surface area contributed by atoms with Crippen molar-refractivity contribution in [2.24, 2.45) is 0 Å². The molecule has 0 radical (unpaired) electrons. The van der Waals surface area contributed by atoms with E-state index in [-0.39, 0.29) is 5.54 Å². The Morgan fingerprint density at radius 3 is 2.19 bits per heavy atom. The minimum atomic E-state index is 0.118. The van der Waals surface area contributed by atoms with Gasteiger partial charge in [-0.05, 0) is 62.7 Å². The summed E-state index contributed by atoms with van der Waals surface area (Å²) in [5, 5.41) is 3.56. The predicted molar refractivity (Wildman–Crippen MR) is 99.0 cm³/mol. The molecule has 0 aliphatic heterocycles. The van der Waals surface area contributed by atoms with Crippen molar-refractivity contribution in [1.29, 1.82) is 0 Å². The molecule has 0 saturated heterocycles. The van der Waals surface area contributed by atoms with Crippen LogP contribution in [0.25, 0.3) is 0 Å². The minimum absolute atomic E-state index is 0.118. The molecular weight excluding hydrogens is 410 g/mol. The van der Waals surface area contributed by atoms with E-state index in [0.717, 1.165) is 15.5 Å². The third kappa shape index (κ3) is 5.78. The van der Waals surface area contributed by atoms with Crippen molar-refractivity contribution < 1.29 is 0 Å². The Kier molecular flexibility index (Phi) is 5.95. The molecule has 0 spiro atoms. The topological polar surface area (TPSA) is 12.0 Å². The van der Waals surface area contributed by atoms with Gasteiger partial charge in [0.1, 0.15) is 0 Å². The van der Waals surface area contributed by atoms with E-state index in [1.165, 1.54) is 15.4 Å². The Morgan fingerprint density at radius 1 is 0.952 bits per heavy atom. The van der Waals surface area contributed by atoms with E-state index in [2.05, 4.69) is 100 Å². The SMILES string of the molecule is CC(C)(C)NCc1ccc(Br)cc1Sc1ccc(Br)cc1. The van der Waals surface area contributed by atoms with E-state index in [9.17, 15) is 0 Å². The summed E-state index contributed by atoms with van der Waals surface area (Å²) in [6, 6.07) is 14.9. The first-order valence-electron chi connectivity index (χ1n) is 6.80. The van der Waals surface area contributed by atoms with Crippen molar-refractivity contribution in [3.63, 3.8) is 0 Å². The fourth-order valence-corrected chi connectivity index (χ4v) is 3.52. The molecule has 2 rings (SSSR count). The summed E-state index contributed by atoms with van der Waals surface area (Å²) < 4.78 is 2.22. The minimum Gasteiger partial charge on any atom is -0.308 e. The summed E-state index contributed by atoms with van der Waals surface area (Å²) in [5.74, 6) is 0. The highest BCUT2D eigenvalue weighted by molar-refractivity contribution is 9.10. The highest BCUT2D eigenvalue weighted by Crippen LogP contribution is 2.33.